The second-order valence-electron chi connectivity index (χ2n) is 6.64. The van der Waals surface area contributed by atoms with Crippen LogP contribution >= 0.6 is 0 Å². The minimum atomic E-state index is -0.567. The van der Waals surface area contributed by atoms with Gasteiger partial charge in [0.1, 0.15) is 0 Å². The van der Waals surface area contributed by atoms with E-state index in [-0.39, 0.29) is 12.4 Å². The summed E-state index contributed by atoms with van der Waals surface area (Å²) in [6, 6.07) is 7.23. The SMILES string of the molecule is CC(=O)c1ccc(C=C(CO)B2OC(C)(C)C(C)(C)O2)cc1. The highest BCUT2D eigenvalue weighted by atomic mass is 16.7. The lowest BCUT2D eigenvalue weighted by Crippen LogP contribution is -2.41. The maximum absolute atomic E-state index is 11.3. The quantitative estimate of drug-likeness (QED) is 0.686. The Kier molecular flexibility index (Phi) is 4.61. The molecule has 1 aliphatic heterocycles. The first-order valence-electron chi connectivity index (χ1n) is 7.44. The highest BCUT2D eigenvalue weighted by Crippen LogP contribution is 2.38. The predicted molar refractivity (Wildman–Crippen MR) is 87.6 cm³/mol. The third-order valence-corrected chi connectivity index (χ3v) is 4.41. The lowest BCUT2D eigenvalue weighted by atomic mass is 9.77. The summed E-state index contributed by atoms with van der Waals surface area (Å²) in [7, 11) is -0.567. The summed E-state index contributed by atoms with van der Waals surface area (Å²) < 4.78 is 11.9. The molecule has 0 unspecified atom stereocenters. The minimum absolute atomic E-state index is 0.0314. The molecule has 0 aromatic heterocycles. The zero-order valence-corrected chi connectivity index (χ0v) is 13.8. The Morgan fingerprint density at radius 3 is 2.05 bits per heavy atom. The van der Waals surface area contributed by atoms with Crippen LogP contribution in [0.25, 0.3) is 6.08 Å². The molecule has 0 radical (unpaired) electrons. The average molecular weight is 302 g/mol. The van der Waals surface area contributed by atoms with E-state index < -0.39 is 18.3 Å². The van der Waals surface area contributed by atoms with Gasteiger partial charge in [0.2, 0.25) is 0 Å². The Morgan fingerprint density at radius 1 is 1.14 bits per heavy atom. The fourth-order valence-electron chi connectivity index (χ4n) is 2.21. The molecule has 1 saturated heterocycles. The first-order chi connectivity index (χ1) is 10.2. The molecular weight excluding hydrogens is 279 g/mol. The van der Waals surface area contributed by atoms with Gasteiger partial charge in [0.15, 0.2) is 5.78 Å². The van der Waals surface area contributed by atoms with Gasteiger partial charge in [-0.1, -0.05) is 30.3 Å². The van der Waals surface area contributed by atoms with Crippen LogP contribution in [-0.4, -0.2) is 35.8 Å². The van der Waals surface area contributed by atoms with Crippen molar-refractivity contribution in [3.05, 3.63) is 40.9 Å². The van der Waals surface area contributed by atoms with Gasteiger partial charge in [-0.3, -0.25) is 4.79 Å². The number of benzene rings is 1. The standard InChI is InChI=1S/C17H23BO4/c1-12(20)14-8-6-13(7-9-14)10-15(11-19)18-21-16(2,3)17(4,5)22-18/h6-10,19H,11H2,1-5H3. The molecule has 4 nitrogen and oxygen atoms in total. The Bertz CT molecular complexity index is 571. The van der Waals surface area contributed by atoms with Crippen molar-refractivity contribution < 1.29 is 19.2 Å². The molecule has 1 N–H and O–H groups in total. The fraction of sp³-hybridized carbons (Fsp3) is 0.471. The van der Waals surface area contributed by atoms with Gasteiger partial charge < -0.3 is 14.4 Å². The van der Waals surface area contributed by atoms with E-state index in [9.17, 15) is 9.90 Å². The Labute approximate surface area is 132 Å². The summed E-state index contributed by atoms with van der Waals surface area (Å²) in [5.41, 5.74) is 1.34. The van der Waals surface area contributed by atoms with Crippen molar-refractivity contribution in [1.29, 1.82) is 0 Å². The van der Waals surface area contributed by atoms with Crippen molar-refractivity contribution >= 4 is 19.0 Å². The monoisotopic (exact) mass is 302 g/mol. The van der Waals surface area contributed by atoms with Crippen LogP contribution in [0.4, 0.5) is 0 Å². The highest BCUT2D eigenvalue weighted by molar-refractivity contribution is 6.55. The summed E-state index contributed by atoms with van der Waals surface area (Å²) in [4.78, 5) is 11.3. The van der Waals surface area contributed by atoms with Crippen LogP contribution in [0.1, 0.15) is 50.5 Å². The van der Waals surface area contributed by atoms with Crippen molar-refractivity contribution in [3.63, 3.8) is 0 Å². The first-order valence-corrected chi connectivity index (χ1v) is 7.44. The summed E-state index contributed by atoms with van der Waals surface area (Å²) in [6.45, 7) is 9.29. The number of carbonyl (C=O) groups excluding carboxylic acids is 1. The second kappa shape index (κ2) is 5.99. The lowest BCUT2D eigenvalue weighted by molar-refractivity contribution is 0.00578. The molecule has 2 rings (SSSR count). The maximum atomic E-state index is 11.3. The maximum Gasteiger partial charge on any atom is 0.492 e. The van der Waals surface area contributed by atoms with Gasteiger partial charge in [0.05, 0.1) is 17.8 Å². The van der Waals surface area contributed by atoms with Gasteiger partial charge in [0.25, 0.3) is 0 Å². The number of ketones is 1. The van der Waals surface area contributed by atoms with E-state index in [0.717, 1.165) is 5.56 Å². The van der Waals surface area contributed by atoms with Crippen LogP contribution in [0, 0.1) is 0 Å². The molecule has 1 aliphatic rings. The molecule has 22 heavy (non-hydrogen) atoms. The third-order valence-electron chi connectivity index (χ3n) is 4.41. The number of aliphatic hydroxyl groups is 1. The molecule has 118 valence electrons. The van der Waals surface area contributed by atoms with Crippen LogP contribution in [0.5, 0.6) is 0 Å². The number of hydrogen-bond acceptors (Lipinski definition) is 4. The molecule has 1 aromatic carbocycles. The van der Waals surface area contributed by atoms with E-state index in [0.29, 0.717) is 11.0 Å². The lowest BCUT2D eigenvalue weighted by Gasteiger charge is -2.32. The summed E-state index contributed by atoms with van der Waals surface area (Å²) in [5, 5.41) is 9.65. The van der Waals surface area contributed by atoms with Gasteiger partial charge >= 0.3 is 7.12 Å². The van der Waals surface area contributed by atoms with Gasteiger partial charge in [0, 0.05) is 5.56 Å². The van der Waals surface area contributed by atoms with E-state index in [1.54, 1.807) is 12.1 Å². The van der Waals surface area contributed by atoms with Gasteiger partial charge in [-0.25, -0.2) is 0 Å². The summed E-state index contributed by atoms with van der Waals surface area (Å²) >= 11 is 0. The number of hydrogen-bond donors (Lipinski definition) is 1. The van der Waals surface area contributed by atoms with E-state index >= 15 is 0 Å². The van der Waals surface area contributed by atoms with E-state index in [1.165, 1.54) is 6.92 Å². The molecule has 0 saturated carbocycles. The molecule has 1 fully saturated rings. The molecule has 5 heteroatoms. The Hall–Kier alpha value is -1.43. The first kappa shape index (κ1) is 16.9. The van der Waals surface area contributed by atoms with Crippen molar-refractivity contribution in [2.45, 2.75) is 45.8 Å². The van der Waals surface area contributed by atoms with Crippen molar-refractivity contribution in [2.24, 2.45) is 0 Å². The highest BCUT2D eigenvalue weighted by Gasteiger charge is 2.52. The van der Waals surface area contributed by atoms with E-state index in [1.807, 2.05) is 45.9 Å². The fourth-order valence-corrected chi connectivity index (χ4v) is 2.21. The molecule has 1 heterocycles. The summed E-state index contributed by atoms with van der Waals surface area (Å²) in [6.07, 6.45) is 1.84. The summed E-state index contributed by atoms with van der Waals surface area (Å²) in [5.74, 6) is 0.0314. The average Bonchev–Trinajstić information content (AvgIpc) is 2.65. The number of aliphatic hydroxyl groups excluding tert-OH is 1. The van der Waals surface area contributed by atoms with E-state index in [4.69, 9.17) is 9.31 Å². The second-order valence-corrected chi connectivity index (χ2v) is 6.64. The van der Waals surface area contributed by atoms with Crippen LogP contribution in [-0.2, 0) is 9.31 Å². The number of carbonyl (C=O) groups is 1. The Balaban J connectivity index is 2.23. The Morgan fingerprint density at radius 2 is 1.64 bits per heavy atom. The molecule has 0 bridgehead atoms. The number of rotatable bonds is 4. The van der Waals surface area contributed by atoms with Crippen molar-refractivity contribution in [2.75, 3.05) is 6.61 Å². The van der Waals surface area contributed by atoms with Crippen molar-refractivity contribution in [3.8, 4) is 0 Å². The molecule has 0 spiro atoms. The minimum Gasteiger partial charge on any atom is -0.400 e. The smallest absolute Gasteiger partial charge is 0.400 e. The van der Waals surface area contributed by atoms with Crippen LogP contribution in [0.2, 0.25) is 0 Å². The van der Waals surface area contributed by atoms with Crippen LogP contribution in [0.15, 0.2) is 29.7 Å². The van der Waals surface area contributed by atoms with Gasteiger partial charge in [-0.2, -0.15) is 0 Å². The molecule has 0 atom stereocenters. The predicted octanol–water partition coefficient (Wildman–Crippen LogP) is 2.90. The van der Waals surface area contributed by atoms with Gasteiger partial charge in [-0.15, -0.1) is 0 Å². The molecule has 0 aliphatic carbocycles. The zero-order valence-electron chi connectivity index (χ0n) is 13.8. The zero-order chi connectivity index (χ0) is 16.5. The molecular formula is C17H23BO4. The molecule has 1 aromatic rings. The number of Topliss-reactive ketones (excluding diaryl/α,β-unsaturated/α-hetero) is 1. The third kappa shape index (κ3) is 3.32. The molecule has 0 amide bonds. The largest absolute Gasteiger partial charge is 0.492 e. The van der Waals surface area contributed by atoms with E-state index in [2.05, 4.69) is 0 Å². The normalized spacial score (nSPS) is 20.3. The van der Waals surface area contributed by atoms with Crippen molar-refractivity contribution in [1.82, 2.24) is 0 Å². The van der Waals surface area contributed by atoms with Crippen LogP contribution in [0.3, 0.4) is 0 Å². The van der Waals surface area contributed by atoms with Gasteiger partial charge in [-0.05, 0) is 45.7 Å². The van der Waals surface area contributed by atoms with Crippen LogP contribution < -0.4 is 0 Å². The topological polar surface area (TPSA) is 55.8 Å².